The van der Waals surface area contributed by atoms with Gasteiger partial charge in [0, 0.05) is 30.9 Å². The Balaban J connectivity index is 1.26. The van der Waals surface area contributed by atoms with Crippen LogP contribution in [0.15, 0.2) is 150 Å². The molecular formula is C42H24OS. The molecule has 2 aromatic heterocycles. The van der Waals surface area contributed by atoms with Gasteiger partial charge < -0.3 is 4.42 Å². The number of benzene rings is 8. The number of fused-ring (bicyclic) bond motifs is 11. The molecule has 0 saturated heterocycles. The van der Waals surface area contributed by atoms with Crippen molar-refractivity contribution in [3.63, 3.8) is 0 Å². The number of thiophene rings is 1. The summed E-state index contributed by atoms with van der Waals surface area (Å²) in [4.78, 5) is 0. The molecule has 0 fully saturated rings. The molecule has 10 aromatic rings. The maximum atomic E-state index is 6.62. The van der Waals surface area contributed by atoms with Gasteiger partial charge in [-0.05, 0) is 91.0 Å². The molecule has 0 radical (unpaired) electrons. The topological polar surface area (TPSA) is 13.1 Å². The molecule has 0 aliphatic carbocycles. The Labute approximate surface area is 257 Å². The van der Waals surface area contributed by atoms with Gasteiger partial charge in [0.25, 0.3) is 0 Å². The van der Waals surface area contributed by atoms with Crippen molar-refractivity contribution in [3.05, 3.63) is 146 Å². The van der Waals surface area contributed by atoms with Gasteiger partial charge in [0.15, 0.2) is 0 Å². The monoisotopic (exact) mass is 576 g/mol. The highest BCUT2D eigenvalue weighted by molar-refractivity contribution is 7.26. The van der Waals surface area contributed by atoms with E-state index >= 15 is 0 Å². The summed E-state index contributed by atoms with van der Waals surface area (Å²) in [6.07, 6.45) is 0. The van der Waals surface area contributed by atoms with Gasteiger partial charge >= 0.3 is 0 Å². The van der Waals surface area contributed by atoms with E-state index in [0.29, 0.717) is 0 Å². The third-order valence-electron chi connectivity index (χ3n) is 9.25. The van der Waals surface area contributed by atoms with Crippen LogP contribution in [0.4, 0.5) is 0 Å². The van der Waals surface area contributed by atoms with Crippen molar-refractivity contribution in [2.75, 3.05) is 0 Å². The first-order valence-electron chi connectivity index (χ1n) is 15.0. The molecule has 0 bridgehead atoms. The second kappa shape index (κ2) is 9.03. The fourth-order valence-electron chi connectivity index (χ4n) is 7.41. The molecule has 204 valence electrons. The predicted octanol–water partition coefficient (Wildman–Crippen LogP) is 12.7. The van der Waals surface area contributed by atoms with Crippen molar-refractivity contribution in [2.45, 2.75) is 0 Å². The molecule has 0 aliphatic rings. The lowest BCUT2D eigenvalue weighted by molar-refractivity contribution is 0.669. The zero-order chi connectivity index (χ0) is 28.8. The zero-order valence-corrected chi connectivity index (χ0v) is 24.5. The molecule has 0 saturated carbocycles. The summed E-state index contributed by atoms with van der Waals surface area (Å²) in [5.41, 5.74) is 6.77. The van der Waals surface area contributed by atoms with E-state index in [0.717, 1.165) is 16.6 Å². The molecule has 2 heterocycles. The van der Waals surface area contributed by atoms with Crippen molar-refractivity contribution in [2.24, 2.45) is 0 Å². The maximum Gasteiger partial charge on any atom is 0.136 e. The van der Waals surface area contributed by atoms with E-state index in [4.69, 9.17) is 4.42 Å². The minimum absolute atomic E-state index is 0.917. The van der Waals surface area contributed by atoms with E-state index < -0.39 is 0 Å². The number of hydrogen-bond acceptors (Lipinski definition) is 2. The van der Waals surface area contributed by atoms with Gasteiger partial charge in [-0.1, -0.05) is 109 Å². The van der Waals surface area contributed by atoms with Crippen molar-refractivity contribution < 1.29 is 4.42 Å². The van der Waals surface area contributed by atoms with E-state index in [-0.39, 0.29) is 0 Å². The minimum atomic E-state index is 0.917. The van der Waals surface area contributed by atoms with Gasteiger partial charge in [-0.3, -0.25) is 0 Å². The Morgan fingerprint density at radius 1 is 0.341 bits per heavy atom. The number of rotatable bonds is 2. The predicted molar refractivity (Wildman–Crippen MR) is 190 cm³/mol. The molecule has 0 spiro atoms. The Morgan fingerprint density at radius 3 is 1.64 bits per heavy atom. The van der Waals surface area contributed by atoms with Crippen LogP contribution in [0.3, 0.4) is 0 Å². The van der Waals surface area contributed by atoms with Crippen molar-refractivity contribution in [1.82, 2.24) is 0 Å². The lowest BCUT2D eigenvalue weighted by atomic mass is 9.86. The van der Waals surface area contributed by atoms with Crippen LogP contribution >= 0.6 is 11.3 Å². The summed E-state index contributed by atoms with van der Waals surface area (Å²) in [5, 5.41) is 12.6. The second-order valence-corrected chi connectivity index (χ2v) is 12.7. The average molecular weight is 577 g/mol. The first kappa shape index (κ1) is 24.0. The van der Waals surface area contributed by atoms with E-state index in [2.05, 4.69) is 146 Å². The van der Waals surface area contributed by atoms with Crippen LogP contribution in [0.25, 0.3) is 96.7 Å². The molecule has 0 atom stereocenters. The fraction of sp³-hybridized carbons (Fsp3) is 0. The molecule has 0 N–H and O–H groups in total. The van der Waals surface area contributed by atoms with Crippen LogP contribution in [0.1, 0.15) is 0 Å². The Kier molecular flexibility index (Phi) is 4.94. The summed E-state index contributed by atoms with van der Waals surface area (Å²) in [6, 6.07) is 52.9. The Hall–Kier alpha value is -5.44. The highest BCUT2D eigenvalue weighted by Crippen LogP contribution is 2.46. The molecule has 1 nitrogen and oxygen atoms in total. The first-order valence-corrected chi connectivity index (χ1v) is 15.8. The molecule has 2 heteroatoms. The summed E-state index contributed by atoms with van der Waals surface area (Å²) < 4.78 is 9.28. The summed E-state index contributed by atoms with van der Waals surface area (Å²) in [6.45, 7) is 0. The van der Waals surface area contributed by atoms with Crippen LogP contribution in [0.5, 0.6) is 0 Å². The molecule has 10 rings (SSSR count). The second-order valence-electron chi connectivity index (χ2n) is 11.6. The summed E-state index contributed by atoms with van der Waals surface area (Å²) >= 11 is 1.86. The maximum absolute atomic E-state index is 6.62. The Bertz CT molecular complexity index is 2710. The lowest BCUT2D eigenvalue weighted by Gasteiger charge is -2.17. The fourth-order valence-corrected chi connectivity index (χ4v) is 8.54. The molecule has 0 unspecified atom stereocenters. The normalized spacial score (nSPS) is 12.1. The van der Waals surface area contributed by atoms with Crippen LogP contribution in [0.2, 0.25) is 0 Å². The molecule has 0 aliphatic heterocycles. The van der Waals surface area contributed by atoms with E-state index in [1.165, 1.54) is 80.1 Å². The van der Waals surface area contributed by atoms with Gasteiger partial charge in [0.05, 0.1) is 0 Å². The van der Waals surface area contributed by atoms with Gasteiger partial charge in [-0.25, -0.2) is 0 Å². The van der Waals surface area contributed by atoms with Crippen molar-refractivity contribution in [1.29, 1.82) is 0 Å². The van der Waals surface area contributed by atoms with Gasteiger partial charge in [0.2, 0.25) is 0 Å². The Morgan fingerprint density at radius 2 is 0.909 bits per heavy atom. The average Bonchev–Trinajstić information content (AvgIpc) is 3.65. The molecule has 44 heavy (non-hydrogen) atoms. The zero-order valence-electron chi connectivity index (χ0n) is 23.7. The van der Waals surface area contributed by atoms with E-state index in [1.54, 1.807) is 0 Å². The van der Waals surface area contributed by atoms with E-state index in [9.17, 15) is 0 Å². The standard InChI is InChI=1S/C42H24OS/c1-2-10-25(11-3-1)39-27-12-4-6-14-29(27)40(30-15-7-5-13-28(30)39)26-18-19-33-36(24-26)43-35-22-20-32-31(41(33)35)21-23-38-42(32)34-16-8-9-17-37(34)44-38/h1-24H. The van der Waals surface area contributed by atoms with Gasteiger partial charge in [0.1, 0.15) is 11.2 Å². The number of furan rings is 1. The van der Waals surface area contributed by atoms with Gasteiger partial charge in [-0.2, -0.15) is 0 Å². The van der Waals surface area contributed by atoms with Crippen molar-refractivity contribution >= 4 is 85.8 Å². The third-order valence-corrected chi connectivity index (χ3v) is 10.4. The highest BCUT2D eigenvalue weighted by atomic mass is 32.1. The molecule has 8 aromatic carbocycles. The molecular weight excluding hydrogens is 553 g/mol. The minimum Gasteiger partial charge on any atom is -0.456 e. The molecule has 0 amide bonds. The third kappa shape index (κ3) is 3.29. The summed E-state index contributed by atoms with van der Waals surface area (Å²) in [5.74, 6) is 0. The van der Waals surface area contributed by atoms with Crippen LogP contribution in [-0.2, 0) is 0 Å². The quantitative estimate of drug-likeness (QED) is 0.187. The van der Waals surface area contributed by atoms with E-state index in [1.807, 2.05) is 11.3 Å². The van der Waals surface area contributed by atoms with Crippen LogP contribution in [-0.4, -0.2) is 0 Å². The van der Waals surface area contributed by atoms with Gasteiger partial charge in [-0.15, -0.1) is 11.3 Å². The smallest absolute Gasteiger partial charge is 0.136 e. The summed E-state index contributed by atoms with van der Waals surface area (Å²) in [7, 11) is 0. The highest BCUT2D eigenvalue weighted by Gasteiger charge is 2.19. The van der Waals surface area contributed by atoms with Crippen molar-refractivity contribution in [3.8, 4) is 22.3 Å². The first-order chi connectivity index (χ1) is 21.8. The lowest BCUT2D eigenvalue weighted by Crippen LogP contribution is -1.90. The van der Waals surface area contributed by atoms with Crippen LogP contribution < -0.4 is 0 Å². The SMILES string of the molecule is c1ccc(-c2c3ccccc3c(-c3ccc4c(c3)oc3ccc5c(ccc6sc7ccccc7c65)c34)c3ccccc23)cc1. The number of hydrogen-bond donors (Lipinski definition) is 0. The largest absolute Gasteiger partial charge is 0.456 e. The van der Waals surface area contributed by atoms with Crippen LogP contribution in [0, 0.1) is 0 Å².